The van der Waals surface area contributed by atoms with Gasteiger partial charge in [-0.25, -0.2) is 15.0 Å². The lowest BCUT2D eigenvalue weighted by Gasteiger charge is -2.20. The molecule has 3 aromatic heterocycles. The Bertz CT molecular complexity index is 4320. The maximum Gasteiger partial charge on any atom is 0.164 e. The van der Waals surface area contributed by atoms with Gasteiger partial charge in [0.15, 0.2) is 17.5 Å². The van der Waals surface area contributed by atoms with E-state index in [4.69, 9.17) is 15.0 Å². The van der Waals surface area contributed by atoms with Gasteiger partial charge in [-0.2, -0.15) is 5.26 Å². The van der Waals surface area contributed by atoms with Gasteiger partial charge < -0.3 is 9.13 Å². The zero-order valence-electron chi connectivity index (χ0n) is 41.5. The molecule has 0 aliphatic heterocycles. The third-order valence-corrected chi connectivity index (χ3v) is 14.3. The normalized spacial score (nSPS) is 11.5. The van der Waals surface area contributed by atoms with Gasteiger partial charge in [0, 0.05) is 49.4 Å². The summed E-state index contributed by atoms with van der Waals surface area (Å²) < 4.78 is 4.74. The number of hydrogen-bond donors (Lipinski definition) is 0. The van der Waals surface area contributed by atoms with Crippen molar-refractivity contribution < 1.29 is 0 Å². The fraction of sp³-hybridized carbons (Fsp3) is 0.0588. The highest BCUT2D eigenvalue weighted by Gasteiger charge is 2.23. The zero-order valence-corrected chi connectivity index (χ0v) is 41.5. The van der Waals surface area contributed by atoms with Crippen molar-refractivity contribution in [2.75, 3.05) is 0 Å². The number of nitriles is 1. The van der Waals surface area contributed by atoms with Gasteiger partial charge in [-0.3, -0.25) is 0 Å². The van der Waals surface area contributed by atoms with E-state index < -0.39 is 0 Å². The first-order valence-electron chi connectivity index (χ1n) is 25.0. The highest BCUT2D eigenvalue weighted by Crippen LogP contribution is 2.44. The van der Waals surface area contributed by atoms with E-state index in [1.54, 1.807) is 0 Å². The van der Waals surface area contributed by atoms with Crippen molar-refractivity contribution in [2.45, 2.75) is 27.7 Å². The second-order valence-electron chi connectivity index (χ2n) is 19.5. The number of aryl methyl sites for hydroxylation is 4. The minimum atomic E-state index is 0.553. The molecule has 0 spiro atoms. The number of nitrogens with zero attached hydrogens (tertiary/aromatic N) is 6. The summed E-state index contributed by atoms with van der Waals surface area (Å²) in [6.45, 7) is 8.63. The van der Waals surface area contributed by atoms with Gasteiger partial charge in [0.25, 0.3) is 0 Å². The minimum absolute atomic E-state index is 0.553. The molecule has 0 saturated carbocycles. The Kier molecular flexibility index (Phi) is 10.7. The van der Waals surface area contributed by atoms with Crippen LogP contribution in [0.25, 0.3) is 123 Å². The van der Waals surface area contributed by atoms with Gasteiger partial charge in [0.1, 0.15) is 0 Å². The molecule has 0 N–H and O–H groups in total. The fourth-order valence-electron chi connectivity index (χ4n) is 11.1. The number of para-hydroxylation sites is 2. The van der Waals surface area contributed by atoms with Crippen LogP contribution < -0.4 is 0 Å². The van der Waals surface area contributed by atoms with Crippen LogP contribution in [-0.4, -0.2) is 24.1 Å². The molecule has 10 aromatic carbocycles. The Balaban J connectivity index is 1.10. The second kappa shape index (κ2) is 17.9. The van der Waals surface area contributed by atoms with Crippen molar-refractivity contribution in [3.63, 3.8) is 0 Å². The first-order chi connectivity index (χ1) is 36.2. The maximum atomic E-state index is 10.7. The van der Waals surface area contributed by atoms with Crippen LogP contribution in [0.1, 0.15) is 27.8 Å². The molecule has 0 aliphatic rings. The smallest absolute Gasteiger partial charge is 0.164 e. The first kappa shape index (κ1) is 44.3. The third kappa shape index (κ3) is 7.71. The van der Waals surface area contributed by atoms with Crippen molar-refractivity contribution in [1.82, 2.24) is 24.1 Å². The molecule has 0 amide bonds. The average Bonchev–Trinajstić information content (AvgIpc) is 3.95. The number of rotatable bonds is 8. The van der Waals surface area contributed by atoms with Gasteiger partial charge in [-0.05, 0) is 117 Å². The predicted octanol–water partition coefficient (Wildman–Crippen LogP) is 17.2. The number of fused-ring (bicyclic) bond motifs is 6. The Morgan fingerprint density at radius 2 is 0.743 bits per heavy atom. The monoisotopic (exact) mass is 948 g/mol. The molecule has 13 aromatic rings. The number of benzene rings is 10. The van der Waals surface area contributed by atoms with E-state index in [9.17, 15) is 5.26 Å². The minimum Gasteiger partial charge on any atom is -0.309 e. The summed E-state index contributed by atoms with van der Waals surface area (Å²) >= 11 is 0. The van der Waals surface area contributed by atoms with E-state index in [1.165, 1.54) is 38.9 Å². The Labute approximate surface area is 429 Å². The van der Waals surface area contributed by atoms with E-state index >= 15 is 0 Å². The van der Waals surface area contributed by atoms with Crippen LogP contribution in [0, 0.1) is 39.0 Å². The first-order valence-corrected chi connectivity index (χ1v) is 25.0. The van der Waals surface area contributed by atoms with Crippen molar-refractivity contribution in [3.05, 3.63) is 246 Å². The number of hydrogen-bond acceptors (Lipinski definition) is 4. The lowest BCUT2D eigenvalue weighted by atomic mass is 9.96. The summed E-state index contributed by atoms with van der Waals surface area (Å²) in [4.78, 5) is 15.5. The molecule has 6 nitrogen and oxygen atoms in total. The summed E-state index contributed by atoms with van der Waals surface area (Å²) in [5.41, 5.74) is 20.8. The molecule has 13 rings (SSSR count). The lowest BCUT2D eigenvalue weighted by molar-refractivity contribution is 1.07. The van der Waals surface area contributed by atoms with Crippen LogP contribution in [-0.2, 0) is 0 Å². The van der Waals surface area contributed by atoms with Crippen LogP contribution in [0.2, 0.25) is 0 Å². The zero-order chi connectivity index (χ0) is 50.0. The molecule has 0 bridgehead atoms. The fourth-order valence-corrected chi connectivity index (χ4v) is 11.1. The van der Waals surface area contributed by atoms with Gasteiger partial charge in [-0.15, -0.1) is 0 Å². The summed E-state index contributed by atoms with van der Waals surface area (Å²) in [5.74, 6) is 1.73. The molecule has 0 fully saturated rings. The standard InChI is InChI=1S/C68H48N6/c1-42-31-43(2)34-52(33-42)49-24-28-62-57(38-49)54-19-11-13-21-60(54)73(62)63-30-26-51(68-71-66(47-15-7-5-8-16-47)70-67(72-68)48-17-9-6-10-18-48)40-59(63)56-27-23-46(41-69)37-65(56)74-61-22-14-12-20-55(61)58-39-50(25-29-64(58)74)53-35-44(3)32-45(4)36-53/h5-40H,1-4H3. The molecule has 0 aliphatic carbocycles. The quantitative estimate of drug-likeness (QED) is 0.152. The van der Waals surface area contributed by atoms with Crippen LogP contribution >= 0.6 is 0 Å². The molecule has 0 radical (unpaired) electrons. The van der Waals surface area contributed by atoms with Crippen LogP contribution in [0.15, 0.2) is 218 Å². The van der Waals surface area contributed by atoms with Gasteiger partial charge in [0.2, 0.25) is 0 Å². The molecular weight excluding hydrogens is 901 g/mol. The van der Waals surface area contributed by atoms with E-state index in [-0.39, 0.29) is 0 Å². The molecule has 0 saturated heterocycles. The van der Waals surface area contributed by atoms with E-state index in [0.717, 1.165) is 88.4 Å². The SMILES string of the molecule is Cc1cc(C)cc(-c2ccc3c(c2)c2ccccc2n3-c2ccc(-c3nc(-c4ccccc4)nc(-c4ccccc4)n3)cc2-c2ccc(C#N)cc2-n2c3ccccc3c3cc(-c4cc(C)cc(C)c4)ccc32)c1. The summed E-state index contributed by atoms with van der Waals surface area (Å²) in [6.07, 6.45) is 0. The Hall–Kier alpha value is -9.70. The van der Waals surface area contributed by atoms with E-state index in [1.807, 2.05) is 72.8 Å². The molecule has 6 heteroatoms. The lowest BCUT2D eigenvalue weighted by Crippen LogP contribution is -2.04. The second-order valence-corrected chi connectivity index (χ2v) is 19.5. The average molecular weight is 949 g/mol. The van der Waals surface area contributed by atoms with Crippen LogP contribution in [0.5, 0.6) is 0 Å². The Morgan fingerprint density at radius 1 is 0.311 bits per heavy atom. The predicted molar refractivity (Wildman–Crippen MR) is 305 cm³/mol. The van der Waals surface area contributed by atoms with Crippen LogP contribution in [0.4, 0.5) is 0 Å². The van der Waals surface area contributed by atoms with Crippen molar-refractivity contribution in [3.8, 4) is 85.0 Å². The third-order valence-electron chi connectivity index (χ3n) is 14.3. The van der Waals surface area contributed by atoms with E-state index in [2.05, 4.69) is 188 Å². The molecular formula is C68H48N6. The van der Waals surface area contributed by atoms with Gasteiger partial charge in [0.05, 0.1) is 45.1 Å². The van der Waals surface area contributed by atoms with Gasteiger partial charge >= 0.3 is 0 Å². The summed E-state index contributed by atoms with van der Waals surface area (Å²) in [5, 5.41) is 15.3. The summed E-state index contributed by atoms with van der Waals surface area (Å²) in [7, 11) is 0. The topological polar surface area (TPSA) is 72.3 Å². The number of aromatic nitrogens is 5. The summed E-state index contributed by atoms with van der Waals surface area (Å²) in [6, 6.07) is 79.8. The van der Waals surface area contributed by atoms with Crippen molar-refractivity contribution in [2.24, 2.45) is 0 Å². The van der Waals surface area contributed by atoms with Gasteiger partial charge in [-0.1, -0.05) is 174 Å². The maximum absolute atomic E-state index is 10.7. The van der Waals surface area contributed by atoms with Crippen LogP contribution in [0.3, 0.4) is 0 Å². The Morgan fingerprint density at radius 3 is 1.24 bits per heavy atom. The van der Waals surface area contributed by atoms with E-state index in [0.29, 0.717) is 23.0 Å². The van der Waals surface area contributed by atoms with Crippen molar-refractivity contribution >= 4 is 43.6 Å². The molecule has 0 unspecified atom stereocenters. The highest BCUT2D eigenvalue weighted by molar-refractivity contribution is 6.13. The molecule has 0 atom stereocenters. The van der Waals surface area contributed by atoms with Crippen molar-refractivity contribution in [1.29, 1.82) is 5.26 Å². The molecule has 74 heavy (non-hydrogen) atoms. The largest absolute Gasteiger partial charge is 0.309 e. The molecule has 3 heterocycles. The molecule has 350 valence electrons. The highest BCUT2D eigenvalue weighted by atomic mass is 15.0.